The normalized spacial score (nSPS) is 21.7. The fourth-order valence-electron chi connectivity index (χ4n) is 2.71. The Bertz CT molecular complexity index is 358. The Morgan fingerprint density at radius 1 is 1.47 bits per heavy atom. The van der Waals surface area contributed by atoms with Crippen LogP contribution in [0.1, 0.15) is 26.0 Å². The van der Waals surface area contributed by atoms with Crippen LogP contribution in [0.15, 0.2) is 18.3 Å². The van der Waals surface area contributed by atoms with Crippen LogP contribution in [0.25, 0.3) is 0 Å². The number of rotatable bonds is 6. The molecule has 1 aliphatic rings. The maximum Gasteiger partial charge on any atom is 0.0217 e. The first-order valence-electron chi connectivity index (χ1n) is 7.34. The van der Waals surface area contributed by atoms with Crippen LogP contribution in [-0.2, 0) is 5.41 Å². The van der Waals surface area contributed by atoms with Crippen molar-refractivity contribution >= 4 is 0 Å². The predicted molar refractivity (Wildman–Crippen MR) is 80.6 cm³/mol. The summed E-state index contributed by atoms with van der Waals surface area (Å²) in [5, 5.41) is 7.18. The van der Waals surface area contributed by atoms with Gasteiger partial charge in [-0.3, -0.25) is 0 Å². The Labute approximate surface area is 117 Å². The van der Waals surface area contributed by atoms with Crippen LogP contribution in [0.4, 0.5) is 0 Å². The van der Waals surface area contributed by atoms with E-state index in [9.17, 15) is 0 Å². The smallest absolute Gasteiger partial charge is 0.0217 e. The molecule has 0 spiro atoms. The first-order valence-corrected chi connectivity index (χ1v) is 7.34. The second kappa shape index (κ2) is 6.55. The van der Waals surface area contributed by atoms with E-state index in [2.05, 4.69) is 53.5 Å². The Balaban J connectivity index is 1.66. The molecule has 2 heterocycles. The zero-order valence-corrected chi connectivity index (χ0v) is 12.5. The van der Waals surface area contributed by atoms with Crippen molar-refractivity contribution in [3.63, 3.8) is 0 Å². The van der Waals surface area contributed by atoms with Gasteiger partial charge in [-0.2, -0.15) is 0 Å². The monoisotopic (exact) mass is 264 g/mol. The first-order chi connectivity index (χ1) is 9.08. The maximum atomic E-state index is 3.60. The summed E-state index contributed by atoms with van der Waals surface area (Å²) in [6.45, 7) is 10.1. The highest BCUT2D eigenvalue weighted by Gasteiger charge is 2.21. The summed E-state index contributed by atoms with van der Waals surface area (Å²) in [5.41, 5.74) is 1.47. The minimum absolute atomic E-state index is 0.167. The Morgan fingerprint density at radius 3 is 3.00 bits per heavy atom. The van der Waals surface area contributed by atoms with Crippen LogP contribution < -0.4 is 10.6 Å². The summed E-state index contributed by atoms with van der Waals surface area (Å²) in [6.07, 6.45) is 3.20. The van der Waals surface area contributed by atoms with Crippen molar-refractivity contribution in [2.75, 3.05) is 39.8 Å². The topological polar surface area (TPSA) is 43.1 Å². The summed E-state index contributed by atoms with van der Waals surface area (Å²) in [4.78, 5) is 5.72. The Morgan fingerprint density at radius 2 is 2.32 bits per heavy atom. The molecule has 1 aromatic rings. The van der Waals surface area contributed by atoms with Crippen molar-refractivity contribution in [3.8, 4) is 0 Å². The molecule has 0 saturated carbocycles. The summed E-state index contributed by atoms with van der Waals surface area (Å²) < 4.78 is 0. The molecule has 19 heavy (non-hydrogen) atoms. The number of nitrogens with zero attached hydrogens (tertiary/aromatic N) is 1. The lowest BCUT2D eigenvalue weighted by Crippen LogP contribution is -2.50. The van der Waals surface area contributed by atoms with Crippen molar-refractivity contribution in [2.45, 2.75) is 31.7 Å². The first kappa shape index (κ1) is 14.6. The largest absolute Gasteiger partial charge is 0.365 e. The van der Waals surface area contributed by atoms with Gasteiger partial charge in [-0.1, -0.05) is 13.8 Å². The fourth-order valence-corrected chi connectivity index (χ4v) is 2.71. The van der Waals surface area contributed by atoms with Crippen LogP contribution in [0.3, 0.4) is 0 Å². The van der Waals surface area contributed by atoms with Crippen molar-refractivity contribution < 1.29 is 0 Å². The Kier molecular flexibility index (Phi) is 5.02. The Hall–Kier alpha value is -0.840. The lowest BCUT2D eigenvalue weighted by Gasteiger charge is -2.31. The van der Waals surface area contributed by atoms with E-state index in [0.717, 1.165) is 19.6 Å². The average molecular weight is 264 g/mol. The predicted octanol–water partition coefficient (Wildman–Crippen LogP) is 1.18. The van der Waals surface area contributed by atoms with E-state index in [0.29, 0.717) is 6.04 Å². The molecule has 0 aromatic carbocycles. The van der Waals surface area contributed by atoms with Crippen LogP contribution in [0.5, 0.6) is 0 Å². The minimum atomic E-state index is 0.167. The number of hydrogen-bond donors (Lipinski definition) is 3. The number of likely N-dealkylation sites (N-methyl/N-ethyl adjacent to an activating group) is 1. The lowest BCUT2D eigenvalue weighted by molar-refractivity contribution is 0.230. The molecule has 1 aromatic heterocycles. The molecule has 0 radical (unpaired) electrons. The van der Waals surface area contributed by atoms with E-state index in [-0.39, 0.29) is 5.41 Å². The van der Waals surface area contributed by atoms with Crippen LogP contribution >= 0.6 is 0 Å². The van der Waals surface area contributed by atoms with Gasteiger partial charge in [-0.25, -0.2) is 0 Å². The van der Waals surface area contributed by atoms with Gasteiger partial charge in [-0.15, -0.1) is 0 Å². The highest BCUT2D eigenvalue weighted by atomic mass is 15.2. The van der Waals surface area contributed by atoms with Gasteiger partial charge in [0.05, 0.1) is 0 Å². The second-order valence-corrected chi connectivity index (χ2v) is 6.35. The summed E-state index contributed by atoms with van der Waals surface area (Å²) in [6, 6.07) is 4.87. The molecule has 1 atom stereocenters. The van der Waals surface area contributed by atoms with Crippen molar-refractivity contribution in [2.24, 2.45) is 0 Å². The van der Waals surface area contributed by atoms with Gasteiger partial charge in [0.2, 0.25) is 0 Å². The molecule has 0 bridgehead atoms. The van der Waals surface area contributed by atoms with Gasteiger partial charge >= 0.3 is 0 Å². The second-order valence-electron chi connectivity index (χ2n) is 6.35. The highest BCUT2D eigenvalue weighted by molar-refractivity contribution is 5.15. The van der Waals surface area contributed by atoms with Crippen LogP contribution in [0, 0.1) is 0 Å². The molecule has 1 saturated heterocycles. The lowest BCUT2D eigenvalue weighted by atomic mass is 9.89. The number of aromatic amines is 1. The SMILES string of the molecule is CN1CCNC(CCNCC(C)(C)c2ccc[nH]2)C1. The van der Waals surface area contributed by atoms with Crippen LogP contribution in [-0.4, -0.2) is 55.7 Å². The fraction of sp³-hybridized carbons (Fsp3) is 0.733. The van der Waals surface area contributed by atoms with Gasteiger partial charge < -0.3 is 20.5 Å². The third-order valence-corrected chi connectivity index (χ3v) is 4.02. The molecule has 2 rings (SSSR count). The molecule has 3 N–H and O–H groups in total. The highest BCUT2D eigenvalue weighted by Crippen LogP contribution is 2.19. The van der Waals surface area contributed by atoms with E-state index >= 15 is 0 Å². The zero-order valence-electron chi connectivity index (χ0n) is 12.5. The average Bonchev–Trinajstić information content (AvgIpc) is 2.89. The number of hydrogen-bond acceptors (Lipinski definition) is 3. The number of piperazine rings is 1. The van der Waals surface area contributed by atoms with Gasteiger partial charge in [0.25, 0.3) is 0 Å². The summed E-state index contributed by atoms with van der Waals surface area (Å²) in [7, 11) is 2.20. The van der Waals surface area contributed by atoms with E-state index in [1.165, 1.54) is 25.2 Å². The molecule has 4 heteroatoms. The van der Waals surface area contributed by atoms with E-state index in [1.54, 1.807) is 0 Å². The molecular formula is C15H28N4. The van der Waals surface area contributed by atoms with E-state index < -0.39 is 0 Å². The number of aromatic nitrogens is 1. The maximum absolute atomic E-state index is 3.60. The summed E-state index contributed by atoms with van der Waals surface area (Å²) in [5.74, 6) is 0. The summed E-state index contributed by atoms with van der Waals surface area (Å²) >= 11 is 0. The van der Waals surface area contributed by atoms with Crippen molar-refractivity contribution in [3.05, 3.63) is 24.0 Å². The molecular weight excluding hydrogens is 236 g/mol. The van der Waals surface area contributed by atoms with E-state index in [1.807, 2.05) is 6.20 Å². The molecule has 1 fully saturated rings. The van der Waals surface area contributed by atoms with Crippen molar-refractivity contribution in [1.82, 2.24) is 20.5 Å². The molecule has 108 valence electrons. The van der Waals surface area contributed by atoms with Gasteiger partial charge in [0, 0.05) is 49.5 Å². The molecule has 4 nitrogen and oxygen atoms in total. The molecule has 0 aliphatic carbocycles. The minimum Gasteiger partial charge on any atom is -0.365 e. The van der Waals surface area contributed by atoms with Gasteiger partial charge in [0.15, 0.2) is 0 Å². The third kappa shape index (κ3) is 4.34. The van der Waals surface area contributed by atoms with Gasteiger partial charge in [-0.05, 0) is 32.1 Å². The molecule has 1 unspecified atom stereocenters. The third-order valence-electron chi connectivity index (χ3n) is 4.02. The quantitative estimate of drug-likeness (QED) is 0.676. The van der Waals surface area contributed by atoms with Gasteiger partial charge in [0.1, 0.15) is 0 Å². The standard InChI is InChI=1S/C15H28N4/c1-15(2,14-5-4-7-18-14)12-16-8-6-13-11-19(3)10-9-17-13/h4-5,7,13,16-18H,6,8-12H2,1-3H3. The van der Waals surface area contributed by atoms with Crippen LogP contribution in [0.2, 0.25) is 0 Å². The van der Waals surface area contributed by atoms with E-state index in [4.69, 9.17) is 0 Å². The number of H-pyrrole nitrogens is 1. The number of nitrogens with one attached hydrogen (secondary N) is 3. The molecule has 0 amide bonds. The zero-order chi connectivity index (χ0) is 13.7. The molecule has 1 aliphatic heterocycles. The van der Waals surface area contributed by atoms with Crippen molar-refractivity contribution in [1.29, 1.82) is 0 Å².